The highest BCUT2D eigenvalue weighted by molar-refractivity contribution is 5.71. The van der Waals surface area contributed by atoms with Crippen molar-refractivity contribution in [2.75, 3.05) is 6.61 Å². The first-order valence-electron chi connectivity index (χ1n) is 13.6. The van der Waals surface area contributed by atoms with Crippen LogP contribution in [0.1, 0.15) is 75.3 Å². The SMILES string of the molecule is C=CCCC1CCC(c2ccc(-c3ccc(-c4ccc(CCCCCC)c(F)c4F)cc3)c(F)c2)CO1. The van der Waals surface area contributed by atoms with E-state index in [1.54, 1.807) is 48.5 Å². The molecule has 1 aliphatic heterocycles. The highest BCUT2D eigenvalue weighted by atomic mass is 19.2. The molecule has 37 heavy (non-hydrogen) atoms. The maximum atomic E-state index is 15.1. The summed E-state index contributed by atoms with van der Waals surface area (Å²) < 4.78 is 50.6. The van der Waals surface area contributed by atoms with Crippen LogP contribution in [0, 0.1) is 17.5 Å². The van der Waals surface area contributed by atoms with Gasteiger partial charge in [-0.25, -0.2) is 13.2 Å². The summed E-state index contributed by atoms with van der Waals surface area (Å²) in [5.41, 5.74) is 3.36. The molecule has 3 aromatic rings. The number of ether oxygens (including phenoxy) is 1. The number of hydrogen-bond donors (Lipinski definition) is 0. The molecule has 4 heteroatoms. The first-order valence-corrected chi connectivity index (χ1v) is 13.6. The second-order valence-corrected chi connectivity index (χ2v) is 10.1. The van der Waals surface area contributed by atoms with Gasteiger partial charge in [0.2, 0.25) is 0 Å². The smallest absolute Gasteiger partial charge is 0.166 e. The topological polar surface area (TPSA) is 9.23 Å². The van der Waals surface area contributed by atoms with E-state index in [9.17, 15) is 8.78 Å². The molecule has 2 atom stereocenters. The Balaban J connectivity index is 1.44. The zero-order valence-electron chi connectivity index (χ0n) is 21.7. The second-order valence-electron chi connectivity index (χ2n) is 10.1. The minimum atomic E-state index is -0.822. The van der Waals surface area contributed by atoms with Crippen LogP contribution in [0.3, 0.4) is 0 Å². The Morgan fingerprint density at radius 2 is 1.59 bits per heavy atom. The van der Waals surface area contributed by atoms with Gasteiger partial charge in [0, 0.05) is 17.0 Å². The molecule has 1 heterocycles. The van der Waals surface area contributed by atoms with E-state index in [1.165, 1.54) is 0 Å². The molecular weight excluding hydrogens is 469 g/mol. The molecule has 1 aliphatic rings. The number of halogens is 3. The Morgan fingerprint density at radius 3 is 2.24 bits per heavy atom. The summed E-state index contributed by atoms with van der Waals surface area (Å²) in [7, 11) is 0. The Kier molecular flexibility index (Phi) is 9.62. The highest BCUT2D eigenvalue weighted by Gasteiger charge is 2.23. The number of unbranched alkanes of at least 4 members (excludes halogenated alkanes) is 3. The fourth-order valence-corrected chi connectivity index (χ4v) is 5.20. The van der Waals surface area contributed by atoms with Crippen LogP contribution in [0.25, 0.3) is 22.3 Å². The van der Waals surface area contributed by atoms with Crippen LogP contribution in [0.15, 0.2) is 67.3 Å². The van der Waals surface area contributed by atoms with Gasteiger partial charge in [0.15, 0.2) is 11.6 Å². The van der Waals surface area contributed by atoms with Crippen LogP contribution in [0.2, 0.25) is 0 Å². The number of hydrogen-bond acceptors (Lipinski definition) is 1. The van der Waals surface area contributed by atoms with Gasteiger partial charge in [-0.05, 0) is 66.8 Å². The number of benzene rings is 3. The Bertz CT molecular complexity index is 1180. The molecule has 0 aromatic heterocycles. The Labute approximate surface area is 219 Å². The molecule has 0 bridgehead atoms. The molecule has 0 amide bonds. The molecule has 3 aromatic carbocycles. The quantitative estimate of drug-likeness (QED) is 0.186. The van der Waals surface area contributed by atoms with Gasteiger partial charge in [0.05, 0.1) is 12.7 Å². The molecule has 2 unspecified atom stereocenters. The fraction of sp³-hybridized carbons (Fsp3) is 0.394. The van der Waals surface area contributed by atoms with E-state index in [1.807, 2.05) is 12.1 Å². The Morgan fingerprint density at radius 1 is 0.865 bits per heavy atom. The highest BCUT2D eigenvalue weighted by Crippen LogP contribution is 2.34. The van der Waals surface area contributed by atoms with Crippen LogP contribution in [-0.2, 0) is 11.2 Å². The minimum Gasteiger partial charge on any atom is -0.378 e. The average molecular weight is 507 g/mol. The molecule has 0 saturated carbocycles. The van der Waals surface area contributed by atoms with Crippen molar-refractivity contribution < 1.29 is 17.9 Å². The van der Waals surface area contributed by atoms with Gasteiger partial charge >= 0.3 is 0 Å². The lowest BCUT2D eigenvalue weighted by Gasteiger charge is -2.29. The molecule has 0 spiro atoms. The number of rotatable bonds is 11. The van der Waals surface area contributed by atoms with E-state index in [4.69, 9.17) is 4.74 Å². The summed E-state index contributed by atoms with van der Waals surface area (Å²) in [4.78, 5) is 0. The first-order chi connectivity index (χ1) is 18.0. The van der Waals surface area contributed by atoms with Crippen molar-refractivity contribution in [1.29, 1.82) is 0 Å². The fourth-order valence-electron chi connectivity index (χ4n) is 5.20. The first kappa shape index (κ1) is 27.2. The van der Waals surface area contributed by atoms with Crippen molar-refractivity contribution in [3.8, 4) is 22.3 Å². The van der Waals surface area contributed by atoms with Gasteiger partial charge < -0.3 is 4.74 Å². The molecule has 0 radical (unpaired) electrons. The third kappa shape index (κ3) is 6.73. The van der Waals surface area contributed by atoms with Gasteiger partial charge in [-0.15, -0.1) is 6.58 Å². The van der Waals surface area contributed by atoms with Crippen LogP contribution in [0.4, 0.5) is 13.2 Å². The minimum absolute atomic E-state index is 0.193. The maximum Gasteiger partial charge on any atom is 0.166 e. The molecule has 0 N–H and O–H groups in total. The zero-order chi connectivity index (χ0) is 26.2. The summed E-state index contributed by atoms with van der Waals surface area (Å²) in [5, 5.41) is 0. The lowest BCUT2D eigenvalue weighted by molar-refractivity contribution is -0.000212. The van der Waals surface area contributed by atoms with Gasteiger partial charge in [-0.3, -0.25) is 0 Å². The molecule has 196 valence electrons. The average Bonchev–Trinajstić information content (AvgIpc) is 2.92. The van der Waals surface area contributed by atoms with E-state index in [0.717, 1.165) is 56.9 Å². The summed E-state index contributed by atoms with van der Waals surface area (Å²) >= 11 is 0. The molecule has 1 fully saturated rings. The van der Waals surface area contributed by atoms with Crippen LogP contribution < -0.4 is 0 Å². The van der Waals surface area contributed by atoms with Crippen LogP contribution >= 0.6 is 0 Å². The molecule has 0 aliphatic carbocycles. The Hall–Kier alpha value is -2.85. The summed E-state index contributed by atoms with van der Waals surface area (Å²) in [6.07, 6.45) is 10.7. The van der Waals surface area contributed by atoms with Crippen molar-refractivity contribution in [3.63, 3.8) is 0 Å². The van der Waals surface area contributed by atoms with Gasteiger partial charge in [-0.2, -0.15) is 0 Å². The predicted octanol–water partition coefficient (Wildman–Crippen LogP) is 9.79. The zero-order valence-corrected chi connectivity index (χ0v) is 21.7. The van der Waals surface area contributed by atoms with E-state index in [0.29, 0.717) is 35.3 Å². The van der Waals surface area contributed by atoms with E-state index >= 15 is 4.39 Å². The van der Waals surface area contributed by atoms with Crippen molar-refractivity contribution in [2.24, 2.45) is 0 Å². The van der Waals surface area contributed by atoms with Crippen molar-refractivity contribution in [3.05, 3.63) is 95.8 Å². The van der Waals surface area contributed by atoms with E-state index < -0.39 is 11.6 Å². The van der Waals surface area contributed by atoms with Gasteiger partial charge in [-0.1, -0.05) is 80.8 Å². The third-order valence-electron chi connectivity index (χ3n) is 7.50. The van der Waals surface area contributed by atoms with Gasteiger partial charge in [0.1, 0.15) is 5.82 Å². The molecule has 4 rings (SSSR count). The normalized spacial score (nSPS) is 17.6. The van der Waals surface area contributed by atoms with Crippen molar-refractivity contribution in [2.45, 2.75) is 76.7 Å². The van der Waals surface area contributed by atoms with Crippen LogP contribution in [-0.4, -0.2) is 12.7 Å². The molecule has 1 saturated heterocycles. The lowest BCUT2D eigenvalue weighted by atomic mass is 9.89. The third-order valence-corrected chi connectivity index (χ3v) is 7.50. The van der Waals surface area contributed by atoms with E-state index in [-0.39, 0.29) is 23.4 Å². The molecule has 1 nitrogen and oxygen atoms in total. The standard InChI is InChI=1S/C33H37F3O/c1-3-5-7-8-9-25-16-20-30(33(36)32(25)35)24-13-11-23(12-14-24)29-19-17-26(21-31(29)34)27-15-18-28(37-22-27)10-6-4-2/h4,11-14,16-17,19-21,27-28H,2-3,5-10,15,18,22H2,1H3. The monoisotopic (exact) mass is 506 g/mol. The van der Waals surface area contributed by atoms with Crippen LogP contribution in [0.5, 0.6) is 0 Å². The molecular formula is C33H37F3O. The van der Waals surface area contributed by atoms with Crippen molar-refractivity contribution >= 4 is 0 Å². The summed E-state index contributed by atoms with van der Waals surface area (Å²) in [5.74, 6) is -1.68. The van der Waals surface area contributed by atoms with Gasteiger partial charge in [0.25, 0.3) is 0 Å². The number of allylic oxidation sites excluding steroid dienone is 1. The maximum absolute atomic E-state index is 15.1. The predicted molar refractivity (Wildman–Crippen MR) is 146 cm³/mol. The summed E-state index contributed by atoms with van der Waals surface area (Å²) in [6.45, 7) is 6.49. The second kappa shape index (κ2) is 13.1. The van der Waals surface area contributed by atoms with E-state index in [2.05, 4.69) is 13.5 Å². The largest absolute Gasteiger partial charge is 0.378 e. The number of aryl methyl sites for hydroxylation is 1. The van der Waals surface area contributed by atoms with Crippen molar-refractivity contribution in [1.82, 2.24) is 0 Å². The summed E-state index contributed by atoms with van der Waals surface area (Å²) in [6, 6.07) is 15.7. The lowest BCUT2D eigenvalue weighted by Crippen LogP contribution is -2.24.